The number of rotatable bonds is 5. The molecule has 0 aromatic carbocycles. The first-order chi connectivity index (χ1) is 8.83. The lowest BCUT2D eigenvalue weighted by Crippen LogP contribution is -2.12. The van der Waals surface area contributed by atoms with Crippen LogP contribution in [0, 0.1) is 5.41 Å². The van der Waals surface area contributed by atoms with E-state index in [0.717, 1.165) is 12.8 Å². The highest BCUT2D eigenvalue weighted by molar-refractivity contribution is 7.13. The van der Waals surface area contributed by atoms with Crippen LogP contribution in [0.3, 0.4) is 0 Å². The maximum atomic E-state index is 12.1. The van der Waals surface area contributed by atoms with Gasteiger partial charge in [0.05, 0.1) is 17.9 Å². The number of thiazole rings is 1. The molecule has 1 rings (SSSR count). The number of carbonyl (C=O) groups excluding carboxylic acids is 1. The van der Waals surface area contributed by atoms with Gasteiger partial charge in [-0.15, -0.1) is 11.3 Å². The molecule has 0 unspecified atom stereocenters. The maximum Gasteiger partial charge on any atom is 0.340 e. The van der Waals surface area contributed by atoms with Crippen molar-refractivity contribution < 1.29 is 9.53 Å². The Hall–Kier alpha value is -1.36. The minimum absolute atomic E-state index is 0.127. The maximum absolute atomic E-state index is 12.1. The van der Waals surface area contributed by atoms with Gasteiger partial charge in [0.1, 0.15) is 0 Å². The topological polar surface area (TPSA) is 65.2 Å². The molecule has 1 aromatic rings. The van der Waals surface area contributed by atoms with Gasteiger partial charge in [-0.25, -0.2) is 9.78 Å². The smallest absolute Gasteiger partial charge is 0.340 e. The SMILES string of the molecule is CCCCOC(=O)/C(=C/C(C)(C)C)c1csc(N)n1. The quantitative estimate of drug-likeness (QED) is 0.510. The van der Waals surface area contributed by atoms with Gasteiger partial charge in [-0.05, 0) is 11.8 Å². The van der Waals surface area contributed by atoms with E-state index in [4.69, 9.17) is 10.5 Å². The number of nitrogens with zero attached hydrogens (tertiary/aromatic N) is 1. The Bertz CT molecular complexity index is 458. The summed E-state index contributed by atoms with van der Waals surface area (Å²) in [6, 6.07) is 0. The summed E-state index contributed by atoms with van der Waals surface area (Å²) in [5.41, 5.74) is 6.60. The number of carbonyl (C=O) groups is 1. The molecule has 0 amide bonds. The highest BCUT2D eigenvalue weighted by atomic mass is 32.1. The molecular weight excluding hydrogens is 260 g/mol. The molecule has 0 saturated carbocycles. The first-order valence-electron chi connectivity index (χ1n) is 6.45. The summed E-state index contributed by atoms with van der Waals surface area (Å²) < 4.78 is 5.27. The van der Waals surface area contributed by atoms with E-state index < -0.39 is 0 Å². The van der Waals surface area contributed by atoms with Gasteiger partial charge in [-0.3, -0.25) is 0 Å². The molecule has 0 saturated heterocycles. The average Bonchev–Trinajstić information content (AvgIpc) is 2.71. The predicted octanol–water partition coefficient (Wildman–Crippen LogP) is 3.50. The number of esters is 1. The largest absolute Gasteiger partial charge is 0.462 e. The number of aromatic nitrogens is 1. The van der Waals surface area contributed by atoms with Crippen LogP contribution in [0.15, 0.2) is 11.5 Å². The molecule has 0 aliphatic heterocycles. The third-order valence-corrected chi connectivity index (χ3v) is 3.00. The Labute approximate surface area is 118 Å². The molecule has 19 heavy (non-hydrogen) atoms. The third kappa shape index (κ3) is 5.42. The van der Waals surface area contributed by atoms with Gasteiger partial charge in [0.25, 0.3) is 0 Å². The molecule has 1 aromatic heterocycles. The zero-order valence-corrected chi connectivity index (χ0v) is 12.8. The number of nitrogen functional groups attached to an aromatic ring is 1. The second-order valence-electron chi connectivity index (χ2n) is 5.48. The minimum Gasteiger partial charge on any atom is -0.462 e. The molecule has 4 nitrogen and oxygen atoms in total. The van der Waals surface area contributed by atoms with E-state index in [0.29, 0.717) is 23.0 Å². The van der Waals surface area contributed by atoms with E-state index in [2.05, 4.69) is 11.9 Å². The highest BCUT2D eigenvalue weighted by Gasteiger charge is 2.20. The normalized spacial score (nSPS) is 12.5. The van der Waals surface area contributed by atoms with Gasteiger partial charge in [-0.2, -0.15) is 0 Å². The minimum atomic E-state index is -0.325. The van der Waals surface area contributed by atoms with Crippen molar-refractivity contribution in [2.75, 3.05) is 12.3 Å². The van der Waals surface area contributed by atoms with Crippen LogP contribution in [-0.4, -0.2) is 17.6 Å². The fourth-order valence-electron chi connectivity index (χ4n) is 1.47. The Balaban J connectivity index is 2.94. The molecule has 106 valence electrons. The van der Waals surface area contributed by atoms with Gasteiger partial charge in [-0.1, -0.05) is 40.2 Å². The van der Waals surface area contributed by atoms with Crippen LogP contribution in [0.25, 0.3) is 5.57 Å². The number of nitrogens with two attached hydrogens (primary N) is 1. The summed E-state index contributed by atoms with van der Waals surface area (Å²) in [5, 5.41) is 2.24. The molecule has 0 atom stereocenters. The van der Waals surface area contributed by atoms with Gasteiger partial charge in [0.2, 0.25) is 0 Å². The van der Waals surface area contributed by atoms with Crippen molar-refractivity contribution in [1.82, 2.24) is 4.98 Å². The first kappa shape index (κ1) is 15.7. The van der Waals surface area contributed by atoms with Crippen molar-refractivity contribution in [3.63, 3.8) is 0 Å². The predicted molar refractivity (Wildman–Crippen MR) is 79.8 cm³/mol. The van der Waals surface area contributed by atoms with Crippen molar-refractivity contribution >= 4 is 28.0 Å². The highest BCUT2D eigenvalue weighted by Crippen LogP contribution is 2.26. The van der Waals surface area contributed by atoms with Crippen molar-refractivity contribution in [3.05, 3.63) is 17.2 Å². The third-order valence-electron chi connectivity index (χ3n) is 2.33. The number of hydrogen-bond acceptors (Lipinski definition) is 5. The first-order valence-corrected chi connectivity index (χ1v) is 7.33. The number of unbranched alkanes of at least 4 members (excludes halogenated alkanes) is 1. The second-order valence-corrected chi connectivity index (χ2v) is 6.37. The fraction of sp³-hybridized carbons (Fsp3) is 0.571. The van der Waals surface area contributed by atoms with Gasteiger partial charge in [0, 0.05) is 5.38 Å². The molecular formula is C14H22N2O2S. The van der Waals surface area contributed by atoms with E-state index >= 15 is 0 Å². The molecule has 0 bridgehead atoms. The van der Waals surface area contributed by atoms with Crippen LogP contribution >= 0.6 is 11.3 Å². The van der Waals surface area contributed by atoms with Crippen LogP contribution < -0.4 is 5.73 Å². The van der Waals surface area contributed by atoms with Crippen LogP contribution in [0.1, 0.15) is 46.2 Å². The molecule has 1 heterocycles. The summed E-state index contributed by atoms with van der Waals surface area (Å²) in [6.45, 7) is 8.59. The van der Waals surface area contributed by atoms with E-state index in [1.165, 1.54) is 11.3 Å². The summed E-state index contributed by atoms with van der Waals surface area (Å²) >= 11 is 1.32. The standard InChI is InChI=1S/C14H22N2O2S/c1-5-6-7-18-12(17)10(8-14(2,3)4)11-9-19-13(15)16-11/h8-9H,5-7H2,1-4H3,(H2,15,16)/b10-8+. The lowest BCUT2D eigenvalue weighted by atomic mass is 9.92. The summed E-state index contributed by atoms with van der Waals surface area (Å²) in [5.74, 6) is -0.325. The summed E-state index contributed by atoms with van der Waals surface area (Å²) in [4.78, 5) is 16.3. The fourth-order valence-corrected chi connectivity index (χ4v) is 2.03. The van der Waals surface area contributed by atoms with E-state index in [1.807, 2.05) is 26.8 Å². The van der Waals surface area contributed by atoms with Crippen molar-refractivity contribution in [2.24, 2.45) is 5.41 Å². The molecule has 0 fully saturated rings. The van der Waals surface area contributed by atoms with E-state index in [-0.39, 0.29) is 11.4 Å². The van der Waals surface area contributed by atoms with Gasteiger partial charge in [0.15, 0.2) is 5.13 Å². The molecule has 0 aliphatic carbocycles. The number of allylic oxidation sites excluding steroid dienone is 1. The molecule has 0 aliphatic rings. The van der Waals surface area contributed by atoms with E-state index in [9.17, 15) is 4.79 Å². The van der Waals surface area contributed by atoms with Gasteiger partial charge >= 0.3 is 5.97 Å². The zero-order chi connectivity index (χ0) is 14.5. The van der Waals surface area contributed by atoms with Crippen LogP contribution in [0.5, 0.6) is 0 Å². The van der Waals surface area contributed by atoms with Crippen LogP contribution in [-0.2, 0) is 9.53 Å². The number of hydrogen-bond donors (Lipinski definition) is 1. The lowest BCUT2D eigenvalue weighted by molar-refractivity contribution is -0.136. The Morgan fingerprint density at radius 3 is 2.68 bits per heavy atom. The number of anilines is 1. The van der Waals surface area contributed by atoms with Crippen LogP contribution in [0.4, 0.5) is 5.13 Å². The number of ether oxygens (including phenoxy) is 1. The molecule has 5 heteroatoms. The van der Waals surface area contributed by atoms with Crippen molar-refractivity contribution in [2.45, 2.75) is 40.5 Å². The second kappa shape index (κ2) is 6.70. The zero-order valence-electron chi connectivity index (χ0n) is 12.0. The molecule has 2 N–H and O–H groups in total. The summed E-state index contributed by atoms with van der Waals surface area (Å²) in [7, 11) is 0. The lowest BCUT2D eigenvalue weighted by Gasteiger charge is -2.15. The van der Waals surface area contributed by atoms with E-state index in [1.54, 1.807) is 5.38 Å². The summed E-state index contributed by atoms with van der Waals surface area (Å²) in [6.07, 6.45) is 3.75. The average molecular weight is 282 g/mol. The molecule has 0 radical (unpaired) electrons. The van der Waals surface area contributed by atoms with Crippen molar-refractivity contribution in [1.29, 1.82) is 0 Å². The molecule has 0 spiro atoms. The van der Waals surface area contributed by atoms with Crippen LogP contribution in [0.2, 0.25) is 0 Å². The monoisotopic (exact) mass is 282 g/mol. The van der Waals surface area contributed by atoms with Gasteiger partial charge < -0.3 is 10.5 Å². The Morgan fingerprint density at radius 1 is 1.53 bits per heavy atom. The van der Waals surface area contributed by atoms with Crippen molar-refractivity contribution in [3.8, 4) is 0 Å². The Morgan fingerprint density at radius 2 is 2.21 bits per heavy atom. The Kier molecular flexibility index (Phi) is 5.54.